The molecule has 0 aromatic heterocycles. The smallest absolute Gasteiger partial charge is 0.387 e. The highest BCUT2D eigenvalue weighted by molar-refractivity contribution is 7.80. The summed E-state index contributed by atoms with van der Waals surface area (Å²) in [5, 5.41) is 3.87. The van der Waals surface area contributed by atoms with E-state index >= 15 is 0 Å². The molecule has 0 spiro atoms. The number of hydrogen-bond donors (Lipinski definition) is 1. The number of nitrogens with zero attached hydrogens (tertiary/aromatic N) is 1. The molecule has 3 nitrogen and oxygen atoms in total. The number of halogens is 2. The van der Waals surface area contributed by atoms with Crippen molar-refractivity contribution < 1.29 is 13.5 Å². The molecule has 1 heterocycles. The largest absolute Gasteiger partial charge is 0.435 e. The van der Waals surface area contributed by atoms with Crippen LogP contribution >= 0.6 is 12.2 Å². The quantitative estimate of drug-likeness (QED) is 0.840. The first-order valence-corrected chi connectivity index (χ1v) is 7.63. The normalized spacial score (nSPS) is 18.7. The molecule has 1 aromatic rings. The summed E-state index contributed by atoms with van der Waals surface area (Å²) in [4.78, 5) is 2.22. The van der Waals surface area contributed by atoms with Crippen LogP contribution in [-0.2, 0) is 0 Å². The van der Waals surface area contributed by atoms with Crippen molar-refractivity contribution in [3.63, 3.8) is 0 Å². The maximum Gasteiger partial charge on any atom is 0.387 e. The van der Waals surface area contributed by atoms with Crippen LogP contribution in [-0.4, -0.2) is 29.2 Å². The molecule has 6 heteroatoms. The highest BCUT2D eigenvalue weighted by Gasteiger charge is 2.22. The summed E-state index contributed by atoms with van der Waals surface area (Å²) in [6, 6.07) is 6.87. The molecule has 1 aliphatic heterocycles. The van der Waals surface area contributed by atoms with E-state index in [0.29, 0.717) is 11.2 Å². The Balaban J connectivity index is 1.95. The molecule has 1 atom stereocenters. The lowest BCUT2D eigenvalue weighted by atomic mass is 10.0. The third-order valence-electron chi connectivity index (χ3n) is 3.69. The predicted octanol–water partition coefficient (Wildman–Crippen LogP) is 4.25. The minimum absolute atomic E-state index is 0.144. The molecule has 0 bridgehead atoms. The fourth-order valence-electron chi connectivity index (χ4n) is 2.61. The fraction of sp³-hybridized carbons (Fsp3) is 0.533. The SMILES string of the molecule is CC[C@@H]1CCCCN1C(=S)Nc1ccc(OC(F)F)cc1. The number of piperidine rings is 1. The Morgan fingerprint density at radius 2 is 2.10 bits per heavy atom. The van der Waals surface area contributed by atoms with Crippen molar-refractivity contribution in [3.05, 3.63) is 24.3 Å². The van der Waals surface area contributed by atoms with Gasteiger partial charge in [0.15, 0.2) is 5.11 Å². The zero-order valence-corrected chi connectivity index (χ0v) is 12.8. The summed E-state index contributed by atoms with van der Waals surface area (Å²) in [5.74, 6) is 0.144. The van der Waals surface area contributed by atoms with Crippen LogP contribution in [0.4, 0.5) is 14.5 Å². The summed E-state index contributed by atoms with van der Waals surface area (Å²) < 4.78 is 28.5. The molecule has 1 aliphatic rings. The average Bonchev–Trinajstić information content (AvgIpc) is 2.48. The van der Waals surface area contributed by atoms with E-state index in [1.807, 2.05) is 0 Å². The van der Waals surface area contributed by atoms with Gasteiger partial charge in [0.05, 0.1) is 0 Å². The number of ether oxygens (including phenoxy) is 1. The number of benzene rings is 1. The van der Waals surface area contributed by atoms with Gasteiger partial charge in [-0.3, -0.25) is 0 Å². The van der Waals surface area contributed by atoms with Crippen LogP contribution in [0.2, 0.25) is 0 Å². The molecule has 0 radical (unpaired) electrons. The van der Waals surface area contributed by atoms with Gasteiger partial charge in [-0.15, -0.1) is 0 Å². The Morgan fingerprint density at radius 1 is 1.38 bits per heavy atom. The zero-order chi connectivity index (χ0) is 15.2. The molecule has 116 valence electrons. The lowest BCUT2D eigenvalue weighted by Gasteiger charge is -2.37. The van der Waals surface area contributed by atoms with Crippen molar-refractivity contribution in [2.45, 2.75) is 45.3 Å². The highest BCUT2D eigenvalue weighted by Crippen LogP contribution is 2.22. The van der Waals surface area contributed by atoms with E-state index in [9.17, 15) is 8.78 Å². The van der Waals surface area contributed by atoms with Crippen LogP contribution in [0.15, 0.2) is 24.3 Å². The maximum atomic E-state index is 12.1. The molecular weight excluding hydrogens is 294 g/mol. The summed E-state index contributed by atoms with van der Waals surface area (Å²) in [5.41, 5.74) is 0.780. The topological polar surface area (TPSA) is 24.5 Å². The van der Waals surface area contributed by atoms with Gasteiger partial charge in [-0.25, -0.2) is 0 Å². The molecule has 2 rings (SSSR count). The third-order valence-corrected chi connectivity index (χ3v) is 4.03. The molecule has 0 aliphatic carbocycles. The number of alkyl halides is 2. The van der Waals surface area contributed by atoms with Crippen LogP contribution in [0.5, 0.6) is 5.75 Å². The second kappa shape index (κ2) is 7.54. The zero-order valence-electron chi connectivity index (χ0n) is 12.0. The minimum atomic E-state index is -2.80. The molecule has 1 aromatic carbocycles. The molecule has 1 fully saturated rings. The van der Waals surface area contributed by atoms with Crippen LogP contribution < -0.4 is 10.1 Å². The van der Waals surface area contributed by atoms with Gasteiger partial charge >= 0.3 is 6.61 Å². The second-order valence-electron chi connectivity index (χ2n) is 5.08. The standard InChI is InChI=1S/C15H20F2N2OS/c1-2-12-5-3-4-10-19(12)15(21)18-11-6-8-13(9-7-11)20-14(16)17/h6-9,12,14H,2-5,10H2,1H3,(H,18,21)/t12-/m1/s1. The molecule has 0 unspecified atom stereocenters. The Labute approximate surface area is 129 Å². The Bertz CT molecular complexity index is 467. The second-order valence-corrected chi connectivity index (χ2v) is 5.47. The van der Waals surface area contributed by atoms with Crippen molar-refractivity contribution in [1.29, 1.82) is 0 Å². The van der Waals surface area contributed by atoms with Gasteiger partial charge < -0.3 is 15.0 Å². The van der Waals surface area contributed by atoms with Crippen molar-refractivity contribution in [3.8, 4) is 5.75 Å². The molecule has 21 heavy (non-hydrogen) atoms. The highest BCUT2D eigenvalue weighted by atomic mass is 32.1. The molecule has 1 saturated heterocycles. The first kappa shape index (κ1) is 15.9. The van der Waals surface area contributed by atoms with Gasteiger partial charge in [0.2, 0.25) is 0 Å². The van der Waals surface area contributed by atoms with Crippen LogP contribution in [0.3, 0.4) is 0 Å². The van der Waals surface area contributed by atoms with E-state index in [2.05, 4.69) is 21.9 Å². The molecule has 0 saturated carbocycles. The van der Waals surface area contributed by atoms with E-state index in [1.165, 1.54) is 25.0 Å². The summed E-state index contributed by atoms with van der Waals surface area (Å²) >= 11 is 5.47. The molecule has 0 amide bonds. The summed E-state index contributed by atoms with van der Waals surface area (Å²) in [6.45, 7) is 0.336. The Morgan fingerprint density at radius 3 is 2.71 bits per heavy atom. The Kier molecular flexibility index (Phi) is 5.73. The summed E-state index contributed by atoms with van der Waals surface area (Å²) in [6.07, 6.45) is 4.64. The first-order valence-electron chi connectivity index (χ1n) is 7.22. The van der Waals surface area contributed by atoms with Gasteiger partial charge in [0.1, 0.15) is 5.75 Å². The number of nitrogens with one attached hydrogen (secondary N) is 1. The number of likely N-dealkylation sites (tertiary alicyclic amines) is 1. The Hall–Kier alpha value is -1.43. The van der Waals surface area contributed by atoms with Crippen molar-refractivity contribution in [2.24, 2.45) is 0 Å². The van der Waals surface area contributed by atoms with Crippen molar-refractivity contribution in [2.75, 3.05) is 11.9 Å². The van der Waals surface area contributed by atoms with Crippen LogP contribution in [0.25, 0.3) is 0 Å². The van der Waals surface area contributed by atoms with Crippen molar-refractivity contribution >= 4 is 23.0 Å². The van der Waals surface area contributed by atoms with E-state index in [1.54, 1.807) is 12.1 Å². The number of rotatable bonds is 4. The van der Waals surface area contributed by atoms with Crippen LogP contribution in [0.1, 0.15) is 32.6 Å². The maximum absolute atomic E-state index is 12.1. The monoisotopic (exact) mass is 314 g/mol. The van der Waals surface area contributed by atoms with Crippen LogP contribution in [0, 0.1) is 0 Å². The van der Waals surface area contributed by atoms with Gasteiger partial charge in [-0.2, -0.15) is 8.78 Å². The number of hydrogen-bond acceptors (Lipinski definition) is 2. The van der Waals surface area contributed by atoms with E-state index in [4.69, 9.17) is 12.2 Å². The fourth-order valence-corrected chi connectivity index (χ4v) is 2.97. The van der Waals surface area contributed by atoms with Gasteiger partial charge in [0.25, 0.3) is 0 Å². The lowest BCUT2D eigenvalue weighted by molar-refractivity contribution is -0.0498. The summed E-state index contributed by atoms with van der Waals surface area (Å²) in [7, 11) is 0. The average molecular weight is 314 g/mol. The number of anilines is 1. The molecule has 1 N–H and O–H groups in total. The van der Waals surface area contributed by atoms with E-state index in [0.717, 1.165) is 25.1 Å². The first-order chi connectivity index (χ1) is 10.1. The van der Waals surface area contributed by atoms with Gasteiger partial charge in [-0.1, -0.05) is 6.92 Å². The lowest BCUT2D eigenvalue weighted by Crippen LogP contribution is -2.45. The molecular formula is C15H20F2N2OS. The van der Waals surface area contributed by atoms with Gasteiger partial charge in [0, 0.05) is 18.3 Å². The van der Waals surface area contributed by atoms with Crippen molar-refractivity contribution in [1.82, 2.24) is 4.90 Å². The third kappa shape index (κ3) is 4.52. The van der Waals surface area contributed by atoms with Gasteiger partial charge in [-0.05, 0) is 62.2 Å². The van der Waals surface area contributed by atoms with E-state index < -0.39 is 6.61 Å². The minimum Gasteiger partial charge on any atom is -0.435 e. The number of thiocarbonyl (C=S) groups is 1. The predicted molar refractivity (Wildman–Crippen MR) is 83.9 cm³/mol. The van der Waals surface area contributed by atoms with E-state index in [-0.39, 0.29) is 5.75 Å².